The number of nitrogens with zero attached hydrogens (tertiary/aromatic N) is 1. The summed E-state index contributed by atoms with van der Waals surface area (Å²) in [7, 11) is -3.08. The van der Waals surface area contributed by atoms with Gasteiger partial charge in [-0.05, 0) is 29.7 Å². The Hall–Kier alpha value is -2.54. The molecule has 7 heteroatoms. The highest BCUT2D eigenvalue weighted by atomic mass is 32.2. The SMILES string of the molecule is O=C(Cc1ccc2c(c1)OCCO2)N(Cc1ccccc1)[C@H]1CCS(=O)(=O)C1. The largest absolute Gasteiger partial charge is 0.486 e. The standard InChI is InChI=1S/C21H23NO5S/c23-21(13-17-6-7-19-20(12-17)27-10-9-26-19)22(14-16-4-2-1-3-5-16)18-8-11-28(24,25)15-18/h1-7,12,18H,8-11,13-15H2/t18-/m0/s1. The summed E-state index contributed by atoms with van der Waals surface area (Å²) in [6.07, 6.45) is 0.683. The third kappa shape index (κ3) is 4.30. The first-order valence-corrected chi connectivity index (χ1v) is 11.2. The van der Waals surface area contributed by atoms with E-state index in [1.807, 2.05) is 48.5 Å². The third-order valence-electron chi connectivity index (χ3n) is 5.13. The quantitative estimate of drug-likeness (QED) is 0.768. The first kappa shape index (κ1) is 18.8. The van der Waals surface area contributed by atoms with Gasteiger partial charge in [-0.25, -0.2) is 8.42 Å². The number of carbonyl (C=O) groups excluding carboxylic acids is 1. The fourth-order valence-electron chi connectivity index (χ4n) is 3.70. The zero-order valence-electron chi connectivity index (χ0n) is 15.5. The number of benzene rings is 2. The lowest BCUT2D eigenvalue weighted by Crippen LogP contribution is -2.41. The lowest BCUT2D eigenvalue weighted by atomic mass is 10.1. The van der Waals surface area contributed by atoms with Crippen molar-refractivity contribution in [3.63, 3.8) is 0 Å². The normalized spacial score (nSPS) is 19.9. The molecule has 0 bridgehead atoms. The second kappa shape index (κ2) is 7.83. The van der Waals surface area contributed by atoms with E-state index in [0.29, 0.717) is 37.7 Å². The molecule has 0 aromatic heterocycles. The Morgan fingerprint density at radius 3 is 2.46 bits per heavy atom. The Morgan fingerprint density at radius 2 is 1.75 bits per heavy atom. The number of hydrogen-bond acceptors (Lipinski definition) is 5. The highest BCUT2D eigenvalue weighted by molar-refractivity contribution is 7.91. The van der Waals surface area contributed by atoms with E-state index in [4.69, 9.17) is 9.47 Å². The van der Waals surface area contributed by atoms with E-state index < -0.39 is 9.84 Å². The summed E-state index contributed by atoms with van der Waals surface area (Å²) in [4.78, 5) is 14.9. The van der Waals surface area contributed by atoms with Crippen LogP contribution in [0.3, 0.4) is 0 Å². The maximum Gasteiger partial charge on any atom is 0.227 e. The predicted molar refractivity (Wildman–Crippen MR) is 105 cm³/mol. The molecule has 0 N–H and O–H groups in total. The van der Waals surface area contributed by atoms with Gasteiger partial charge in [0.15, 0.2) is 21.3 Å². The van der Waals surface area contributed by atoms with Gasteiger partial charge in [0.05, 0.1) is 17.9 Å². The van der Waals surface area contributed by atoms with Crippen LogP contribution in [0.25, 0.3) is 0 Å². The van der Waals surface area contributed by atoms with Crippen molar-refractivity contribution in [2.24, 2.45) is 0 Å². The molecule has 0 aliphatic carbocycles. The molecule has 0 spiro atoms. The van der Waals surface area contributed by atoms with Gasteiger partial charge in [0.1, 0.15) is 13.2 Å². The molecule has 2 heterocycles. The van der Waals surface area contributed by atoms with Crippen molar-refractivity contribution >= 4 is 15.7 Å². The summed E-state index contributed by atoms with van der Waals surface area (Å²) in [5.41, 5.74) is 1.82. The number of sulfone groups is 1. The molecule has 0 saturated carbocycles. The summed E-state index contributed by atoms with van der Waals surface area (Å²) in [6, 6.07) is 14.9. The first-order chi connectivity index (χ1) is 13.5. The van der Waals surface area contributed by atoms with Crippen LogP contribution >= 0.6 is 0 Å². The van der Waals surface area contributed by atoms with Gasteiger partial charge in [-0.15, -0.1) is 0 Å². The van der Waals surface area contributed by atoms with Gasteiger partial charge in [0.25, 0.3) is 0 Å². The Morgan fingerprint density at radius 1 is 1.00 bits per heavy atom. The van der Waals surface area contributed by atoms with Gasteiger partial charge in [-0.1, -0.05) is 36.4 Å². The average Bonchev–Trinajstić information content (AvgIpc) is 3.06. The molecule has 1 fully saturated rings. The molecular weight excluding hydrogens is 378 g/mol. The van der Waals surface area contributed by atoms with Gasteiger partial charge in [0.2, 0.25) is 5.91 Å². The number of ether oxygens (including phenoxy) is 2. The maximum atomic E-state index is 13.1. The fraction of sp³-hybridized carbons (Fsp3) is 0.381. The summed E-state index contributed by atoms with van der Waals surface area (Å²) < 4.78 is 35.1. The van der Waals surface area contributed by atoms with E-state index in [1.165, 1.54) is 0 Å². The van der Waals surface area contributed by atoms with Crippen LogP contribution in [0, 0.1) is 0 Å². The second-order valence-corrected chi connectivity index (χ2v) is 9.45. The monoisotopic (exact) mass is 401 g/mol. The summed E-state index contributed by atoms with van der Waals surface area (Å²) in [5, 5.41) is 0. The van der Waals surface area contributed by atoms with Gasteiger partial charge < -0.3 is 14.4 Å². The van der Waals surface area contributed by atoms with Crippen LogP contribution < -0.4 is 9.47 Å². The Labute approximate surface area is 165 Å². The minimum atomic E-state index is -3.08. The van der Waals surface area contributed by atoms with Crippen molar-refractivity contribution in [1.82, 2.24) is 4.90 Å². The number of rotatable bonds is 5. The van der Waals surface area contributed by atoms with Crippen LogP contribution in [-0.4, -0.2) is 50.0 Å². The summed E-state index contributed by atoms with van der Waals surface area (Å²) in [5.74, 6) is 1.43. The molecule has 2 aliphatic rings. The zero-order chi connectivity index (χ0) is 19.6. The van der Waals surface area contributed by atoms with E-state index >= 15 is 0 Å². The minimum absolute atomic E-state index is 0.0344. The number of hydrogen-bond donors (Lipinski definition) is 0. The van der Waals surface area contributed by atoms with Crippen molar-refractivity contribution in [2.45, 2.75) is 25.4 Å². The summed E-state index contributed by atoms with van der Waals surface area (Å²) >= 11 is 0. The van der Waals surface area contributed by atoms with Crippen molar-refractivity contribution < 1.29 is 22.7 Å². The second-order valence-electron chi connectivity index (χ2n) is 7.22. The van der Waals surface area contributed by atoms with Gasteiger partial charge in [-0.2, -0.15) is 0 Å². The van der Waals surface area contributed by atoms with Crippen molar-refractivity contribution in [3.8, 4) is 11.5 Å². The number of fused-ring (bicyclic) bond motifs is 1. The number of carbonyl (C=O) groups is 1. The third-order valence-corrected chi connectivity index (χ3v) is 6.88. The molecule has 0 unspecified atom stereocenters. The molecule has 2 aromatic rings. The molecule has 4 rings (SSSR count). The highest BCUT2D eigenvalue weighted by Gasteiger charge is 2.34. The Balaban J connectivity index is 1.54. The molecule has 28 heavy (non-hydrogen) atoms. The van der Waals surface area contributed by atoms with Gasteiger partial charge in [-0.3, -0.25) is 4.79 Å². The molecule has 0 radical (unpaired) electrons. The molecular formula is C21H23NO5S. The van der Waals surface area contributed by atoms with E-state index in [2.05, 4.69) is 0 Å². The van der Waals surface area contributed by atoms with Gasteiger partial charge >= 0.3 is 0 Å². The molecule has 1 amide bonds. The van der Waals surface area contributed by atoms with Crippen molar-refractivity contribution in [1.29, 1.82) is 0 Å². The van der Waals surface area contributed by atoms with Crippen LogP contribution in [0.15, 0.2) is 48.5 Å². The first-order valence-electron chi connectivity index (χ1n) is 9.42. The minimum Gasteiger partial charge on any atom is -0.486 e. The lowest BCUT2D eigenvalue weighted by Gasteiger charge is -2.29. The van der Waals surface area contributed by atoms with Crippen LogP contribution in [0.1, 0.15) is 17.5 Å². The molecule has 1 atom stereocenters. The summed E-state index contributed by atoms with van der Waals surface area (Å²) in [6.45, 7) is 1.42. The Bertz CT molecular complexity index is 958. The fourth-order valence-corrected chi connectivity index (χ4v) is 5.43. The van der Waals surface area contributed by atoms with Crippen LogP contribution in [-0.2, 0) is 27.6 Å². The smallest absolute Gasteiger partial charge is 0.227 e. The molecule has 148 valence electrons. The van der Waals surface area contributed by atoms with E-state index in [0.717, 1.165) is 11.1 Å². The maximum absolute atomic E-state index is 13.1. The predicted octanol–water partition coefficient (Wildman–Crippen LogP) is 2.22. The van der Waals surface area contributed by atoms with E-state index in [-0.39, 0.29) is 29.9 Å². The van der Waals surface area contributed by atoms with E-state index in [1.54, 1.807) is 4.90 Å². The van der Waals surface area contributed by atoms with Crippen molar-refractivity contribution in [2.75, 3.05) is 24.7 Å². The average molecular weight is 401 g/mol. The number of amides is 1. The lowest BCUT2D eigenvalue weighted by molar-refractivity contribution is -0.133. The molecule has 6 nitrogen and oxygen atoms in total. The molecule has 2 aromatic carbocycles. The van der Waals surface area contributed by atoms with Crippen LogP contribution in [0.5, 0.6) is 11.5 Å². The zero-order valence-corrected chi connectivity index (χ0v) is 16.4. The van der Waals surface area contributed by atoms with Gasteiger partial charge in [0, 0.05) is 12.6 Å². The molecule has 2 aliphatic heterocycles. The van der Waals surface area contributed by atoms with Crippen LogP contribution in [0.2, 0.25) is 0 Å². The highest BCUT2D eigenvalue weighted by Crippen LogP contribution is 2.31. The van der Waals surface area contributed by atoms with Crippen molar-refractivity contribution in [3.05, 3.63) is 59.7 Å². The topological polar surface area (TPSA) is 72.9 Å². The van der Waals surface area contributed by atoms with E-state index in [9.17, 15) is 13.2 Å². The molecule has 1 saturated heterocycles. The Kier molecular flexibility index (Phi) is 5.26. The van der Waals surface area contributed by atoms with Crippen LogP contribution in [0.4, 0.5) is 0 Å².